The van der Waals surface area contributed by atoms with Crippen LogP contribution in [0.1, 0.15) is 5.89 Å². The Labute approximate surface area is 136 Å². The van der Waals surface area contributed by atoms with Crippen LogP contribution in [0.25, 0.3) is 11.4 Å². The highest BCUT2D eigenvalue weighted by Gasteiger charge is 2.13. The molecule has 0 aliphatic rings. The van der Waals surface area contributed by atoms with E-state index in [1.54, 1.807) is 7.11 Å². The van der Waals surface area contributed by atoms with Crippen LogP contribution in [0.5, 0.6) is 11.5 Å². The van der Waals surface area contributed by atoms with E-state index in [2.05, 4.69) is 26.1 Å². The number of para-hydroxylation sites is 2. The van der Waals surface area contributed by atoms with Crippen LogP contribution >= 0.6 is 15.9 Å². The van der Waals surface area contributed by atoms with Crippen molar-refractivity contribution in [1.82, 2.24) is 10.1 Å². The number of benzene rings is 2. The summed E-state index contributed by atoms with van der Waals surface area (Å²) in [6.07, 6.45) is 0. The standard InChI is InChI=1S/C16H13BrN2O3/c1-20-13-8-4-2-6-11(13)16-18-15(22-19-16)10-21-14-9-5-3-7-12(14)17/h2-9H,10H2,1H3. The second-order valence-corrected chi connectivity index (χ2v) is 5.29. The highest BCUT2D eigenvalue weighted by molar-refractivity contribution is 9.10. The van der Waals surface area contributed by atoms with Crippen LogP contribution < -0.4 is 9.47 Å². The maximum atomic E-state index is 5.65. The van der Waals surface area contributed by atoms with Crippen molar-refractivity contribution < 1.29 is 14.0 Å². The van der Waals surface area contributed by atoms with Crippen molar-refractivity contribution in [3.05, 3.63) is 58.9 Å². The zero-order chi connectivity index (χ0) is 15.4. The van der Waals surface area contributed by atoms with Crippen LogP contribution in [0.2, 0.25) is 0 Å². The molecular formula is C16H13BrN2O3. The van der Waals surface area contributed by atoms with Crippen LogP contribution in [0.4, 0.5) is 0 Å². The predicted molar refractivity (Wildman–Crippen MR) is 84.8 cm³/mol. The molecule has 0 unspecified atom stereocenters. The fourth-order valence-corrected chi connectivity index (χ4v) is 2.35. The van der Waals surface area contributed by atoms with Crippen molar-refractivity contribution in [2.45, 2.75) is 6.61 Å². The summed E-state index contributed by atoms with van der Waals surface area (Å²) in [6.45, 7) is 0.199. The Bertz CT molecular complexity index is 773. The minimum atomic E-state index is 0.199. The third-order valence-corrected chi connectivity index (χ3v) is 3.66. The Balaban J connectivity index is 1.75. The van der Waals surface area contributed by atoms with E-state index in [1.807, 2.05) is 48.5 Å². The lowest BCUT2D eigenvalue weighted by Crippen LogP contribution is -1.96. The first-order chi connectivity index (χ1) is 10.8. The highest BCUT2D eigenvalue weighted by atomic mass is 79.9. The molecule has 0 radical (unpaired) electrons. The average Bonchev–Trinajstić information content (AvgIpc) is 3.03. The van der Waals surface area contributed by atoms with Gasteiger partial charge >= 0.3 is 0 Å². The van der Waals surface area contributed by atoms with Crippen molar-refractivity contribution in [2.75, 3.05) is 7.11 Å². The maximum absolute atomic E-state index is 5.65. The lowest BCUT2D eigenvalue weighted by molar-refractivity contribution is 0.242. The molecule has 0 amide bonds. The third kappa shape index (κ3) is 3.12. The molecule has 0 fully saturated rings. The molecule has 3 rings (SSSR count). The Kier molecular flexibility index (Phi) is 4.39. The van der Waals surface area contributed by atoms with E-state index in [0.29, 0.717) is 17.5 Å². The predicted octanol–water partition coefficient (Wildman–Crippen LogP) is 4.09. The fraction of sp³-hybridized carbons (Fsp3) is 0.125. The lowest BCUT2D eigenvalue weighted by atomic mass is 10.2. The largest absolute Gasteiger partial charge is 0.496 e. The first-order valence-corrected chi connectivity index (χ1v) is 7.40. The zero-order valence-electron chi connectivity index (χ0n) is 11.8. The molecule has 1 heterocycles. The van der Waals surface area contributed by atoms with Gasteiger partial charge in [0.2, 0.25) is 5.82 Å². The molecule has 0 saturated heterocycles. The molecule has 0 spiro atoms. The molecule has 0 aliphatic carbocycles. The number of nitrogens with zero attached hydrogens (tertiary/aromatic N) is 2. The molecule has 5 nitrogen and oxygen atoms in total. The Hall–Kier alpha value is -2.34. The van der Waals surface area contributed by atoms with E-state index < -0.39 is 0 Å². The second kappa shape index (κ2) is 6.62. The van der Waals surface area contributed by atoms with Gasteiger partial charge in [0, 0.05) is 0 Å². The SMILES string of the molecule is COc1ccccc1-c1noc(COc2ccccc2Br)n1. The highest BCUT2D eigenvalue weighted by Crippen LogP contribution is 2.28. The molecule has 112 valence electrons. The van der Waals surface area contributed by atoms with Gasteiger partial charge < -0.3 is 14.0 Å². The van der Waals surface area contributed by atoms with Crippen molar-refractivity contribution in [3.63, 3.8) is 0 Å². The van der Waals surface area contributed by atoms with Crippen LogP contribution in [-0.4, -0.2) is 17.3 Å². The molecule has 1 aromatic heterocycles. The summed E-state index contributed by atoms with van der Waals surface area (Å²) in [5.41, 5.74) is 0.779. The minimum absolute atomic E-state index is 0.199. The van der Waals surface area contributed by atoms with Crippen LogP contribution in [0.15, 0.2) is 57.5 Å². The molecule has 22 heavy (non-hydrogen) atoms. The summed E-state index contributed by atoms with van der Waals surface area (Å²) in [7, 11) is 1.61. The molecule has 3 aromatic rings. The van der Waals surface area contributed by atoms with Crippen LogP contribution in [0.3, 0.4) is 0 Å². The molecule has 0 bridgehead atoms. The van der Waals surface area contributed by atoms with Crippen LogP contribution in [-0.2, 0) is 6.61 Å². The summed E-state index contributed by atoms with van der Waals surface area (Å²) in [5.74, 6) is 2.29. The van der Waals surface area contributed by atoms with Gasteiger partial charge in [-0.3, -0.25) is 0 Å². The van der Waals surface area contributed by atoms with Gasteiger partial charge in [-0.05, 0) is 40.2 Å². The molecular weight excluding hydrogens is 348 g/mol. The topological polar surface area (TPSA) is 57.4 Å². The average molecular weight is 361 g/mol. The second-order valence-electron chi connectivity index (χ2n) is 4.43. The summed E-state index contributed by atoms with van der Waals surface area (Å²) in [5, 5.41) is 3.97. The number of methoxy groups -OCH3 is 1. The number of hydrogen-bond acceptors (Lipinski definition) is 5. The fourth-order valence-electron chi connectivity index (χ4n) is 1.95. The van der Waals surface area contributed by atoms with Gasteiger partial charge in [0.15, 0.2) is 6.61 Å². The molecule has 0 N–H and O–H groups in total. The van der Waals surface area contributed by atoms with E-state index in [4.69, 9.17) is 14.0 Å². The zero-order valence-corrected chi connectivity index (χ0v) is 13.4. The molecule has 0 saturated carbocycles. The van der Waals surface area contributed by atoms with Gasteiger partial charge in [0.05, 0.1) is 17.1 Å². The van der Waals surface area contributed by atoms with E-state index in [1.165, 1.54) is 0 Å². The van der Waals surface area contributed by atoms with Gasteiger partial charge in [0.25, 0.3) is 5.89 Å². The van der Waals surface area contributed by atoms with Crippen molar-refractivity contribution >= 4 is 15.9 Å². The number of aromatic nitrogens is 2. The van der Waals surface area contributed by atoms with Gasteiger partial charge in [0.1, 0.15) is 11.5 Å². The Morgan fingerprint density at radius 3 is 2.55 bits per heavy atom. The minimum Gasteiger partial charge on any atom is -0.496 e. The van der Waals surface area contributed by atoms with Gasteiger partial charge in [-0.15, -0.1) is 0 Å². The maximum Gasteiger partial charge on any atom is 0.264 e. The normalized spacial score (nSPS) is 10.5. The first-order valence-electron chi connectivity index (χ1n) is 6.61. The number of halogens is 1. The summed E-state index contributed by atoms with van der Waals surface area (Å²) in [6, 6.07) is 15.1. The number of hydrogen-bond donors (Lipinski definition) is 0. The Morgan fingerprint density at radius 2 is 1.77 bits per heavy atom. The smallest absolute Gasteiger partial charge is 0.264 e. The summed E-state index contributed by atoms with van der Waals surface area (Å²) in [4.78, 5) is 4.34. The first kappa shape index (κ1) is 14.6. The molecule has 6 heteroatoms. The van der Waals surface area contributed by atoms with Gasteiger partial charge in [-0.25, -0.2) is 0 Å². The summed E-state index contributed by atoms with van der Waals surface area (Å²) < 4.78 is 17.0. The van der Waals surface area contributed by atoms with E-state index in [-0.39, 0.29) is 6.61 Å². The van der Waals surface area contributed by atoms with Crippen molar-refractivity contribution in [3.8, 4) is 22.9 Å². The molecule has 2 aromatic carbocycles. The van der Waals surface area contributed by atoms with E-state index >= 15 is 0 Å². The van der Waals surface area contributed by atoms with Crippen molar-refractivity contribution in [1.29, 1.82) is 0 Å². The van der Waals surface area contributed by atoms with Crippen LogP contribution in [0, 0.1) is 0 Å². The Morgan fingerprint density at radius 1 is 1.05 bits per heavy atom. The number of rotatable bonds is 5. The molecule has 0 atom stereocenters. The van der Waals surface area contributed by atoms with Gasteiger partial charge in [-0.2, -0.15) is 4.98 Å². The third-order valence-electron chi connectivity index (χ3n) is 3.00. The van der Waals surface area contributed by atoms with E-state index in [0.717, 1.165) is 15.8 Å². The number of ether oxygens (including phenoxy) is 2. The quantitative estimate of drug-likeness (QED) is 0.685. The van der Waals surface area contributed by atoms with Crippen molar-refractivity contribution in [2.24, 2.45) is 0 Å². The molecule has 0 aliphatic heterocycles. The summed E-state index contributed by atoms with van der Waals surface area (Å²) >= 11 is 3.42. The van der Waals surface area contributed by atoms with E-state index in [9.17, 15) is 0 Å². The van der Waals surface area contributed by atoms with Gasteiger partial charge in [-0.1, -0.05) is 29.4 Å². The lowest BCUT2D eigenvalue weighted by Gasteiger charge is -2.04. The monoisotopic (exact) mass is 360 g/mol.